The molecule has 3 rings (SSSR count). The molecular weight excluding hydrogens is 326 g/mol. The molecule has 0 radical (unpaired) electrons. The van der Waals surface area contributed by atoms with Crippen LogP contribution in [0.3, 0.4) is 0 Å². The van der Waals surface area contributed by atoms with Crippen LogP contribution in [0.25, 0.3) is 11.3 Å². The fraction of sp³-hybridized carbons (Fsp3) is 0.118. The van der Waals surface area contributed by atoms with Crippen LogP contribution in [0.4, 0.5) is 0 Å². The van der Waals surface area contributed by atoms with Gasteiger partial charge in [0.15, 0.2) is 0 Å². The van der Waals surface area contributed by atoms with Crippen LogP contribution in [-0.2, 0) is 11.2 Å². The molecule has 0 aliphatic heterocycles. The van der Waals surface area contributed by atoms with Gasteiger partial charge in [0.05, 0.1) is 18.3 Å². The molecule has 0 unspecified atom stereocenters. The Kier molecular flexibility index (Phi) is 4.72. The Morgan fingerprint density at radius 1 is 1.33 bits per heavy atom. The van der Waals surface area contributed by atoms with Gasteiger partial charge < -0.3 is 10.1 Å². The van der Waals surface area contributed by atoms with Crippen molar-refractivity contribution >= 4 is 23.2 Å². The molecule has 0 aliphatic carbocycles. The van der Waals surface area contributed by atoms with Gasteiger partial charge in [0, 0.05) is 18.0 Å². The van der Waals surface area contributed by atoms with Crippen LogP contribution in [-0.4, -0.2) is 29.1 Å². The monoisotopic (exact) mass is 341 g/mol. The second-order valence-electron chi connectivity index (χ2n) is 5.06. The summed E-state index contributed by atoms with van der Waals surface area (Å²) in [4.78, 5) is 23.9. The average Bonchev–Trinajstić information content (AvgIpc) is 3.26. The van der Waals surface area contributed by atoms with Crippen LogP contribution in [0.1, 0.15) is 15.9 Å². The number of carbonyl (C=O) groups excluding carboxylic acids is 2. The van der Waals surface area contributed by atoms with Gasteiger partial charge in [0.1, 0.15) is 11.3 Å². The highest BCUT2D eigenvalue weighted by atomic mass is 32.1. The lowest BCUT2D eigenvalue weighted by atomic mass is 10.1. The van der Waals surface area contributed by atoms with E-state index < -0.39 is 5.97 Å². The van der Waals surface area contributed by atoms with E-state index in [4.69, 9.17) is 4.74 Å². The zero-order chi connectivity index (χ0) is 16.9. The molecule has 7 heteroatoms. The van der Waals surface area contributed by atoms with Gasteiger partial charge in [-0.1, -0.05) is 12.1 Å². The third-order valence-electron chi connectivity index (χ3n) is 3.42. The van der Waals surface area contributed by atoms with Gasteiger partial charge in [-0.15, -0.1) is 0 Å². The molecule has 122 valence electrons. The van der Waals surface area contributed by atoms with Crippen LogP contribution in [0.5, 0.6) is 5.75 Å². The fourth-order valence-corrected chi connectivity index (χ4v) is 2.87. The van der Waals surface area contributed by atoms with Crippen molar-refractivity contribution in [3.8, 4) is 17.0 Å². The highest BCUT2D eigenvalue weighted by molar-refractivity contribution is 7.08. The zero-order valence-electron chi connectivity index (χ0n) is 12.9. The van der Waals surface area contributed by atoms with Crippen molar-refractivity contribution in [2.24, 2.45) is 0 Å². The average molecular weight is 341 g/mol. The van der Waals surface area contributed by atoms with E-state index in [-0.39, 0.29) is 12.3 Å². The third kappa shape index (κ3) is 3.52. The van der Waals surface area contributed by atoms with Crippen LogP contribution in [0.15, 0.2) is 47.3 Å². The molecule has 0 saturated carbocycles. The van der Waals surface area contributed by atoms with Crippen LogP contribution >= 0.6 is 11.3 Å². The number of thiophene rings is 1. The highest BCUT2D eigenvalue weighted by Crippen LogP contribution is 2.25. The Bertz CT molecular complexity index is 856. The minimum absolute atomic E-state index is 0.104. The fourth-order valence-electron chi connectivity index (χ4n) is 2.22. The van der Waals surface area contributed by atoms with Gasteiger partial charge in [-0.3, -0.25) is 9.89 Å². The number of ether oxygens (including phenoxy) is 1. The first-order chi connectivity index (χ1) is 11.7. The lowest BCUT2D eigenvalue weighted by Gasteiger charge is -2.06. The Morgan fingerprint density at radius 3 is 2.96 bits per heavy atom. The molecule has 2 N–H and O–H groups in total. The Hall–Kier alpha value is -2.93. The molecule has 0 saturated heterocycles. The number of hydrogen-bond donors (Lipinski definition) is 2. The molecule has 6 nitrogen and oxygen atoms in total. The summed E-state index contributed by atoms with van der Waals surface area (Å²) in [5.41, 5.74) is 2.65. The van der Waals surface area contributed by atoms with Crippen LogP contribution < -0.4 is 10.1 Å². The minimum Gasteiger partial charge on any atom is -0.423 e. The number of benzene rings is 1. The summed E-state index contributed by atoms with van der Waals surface area (Å²) in [7, 11) is 1.58. The predicted octanol–water partition coefficient (Wildman–Crippen LogP) is 2.65. The molecule has 24 heavy (non-hydrogen) atoms. The quantitative estimate of drug-likeness (QED) is 0.552. The summed E-state index contributed by atoms with van der Waals surface area (Å²) in [6.07, 6.45) is 1.68. The van der Waals surface area contributed by atoms with E-state index in [2.05, 4.69) is 15.5 Å². The van der Waals surface area contributed by atoms with Crippen LogP contribution in [0, 0.1) is 0 Å². The molecule has 1 aromatic carbocycles. The molecule has 2 aromatic heterocycles. The summed E-state index contributed by atoms with van der Waals surface area (Å²) in [5, 5.41) is 13.2. The van der Waals surface area contributed by atoms with E-state index in [1.165, 1.54) is 17.5 Å². The molecule has 0 fully saturated rings. The lowest BCUT2D eigenvalue weighted by Crippen LogP contribution is -2.19. The van der Waals surface area contributed by atoms with E-state index in [0.717, 1.165) is 11.1 Å². The maximum absolute atomic E-state index is 12.4. The Morgan fingerprint density at radius 2 is 2.21 bits per heavy atom. The topological polar surface area (TPSA) is 84.1 Å². The molecule has 0 atom stereocenters. The normalized spacial score (nSPS) is 10.4. The summed E-state index contributed by atoms with van der Waals surface area (Å²) in [5.74, 6) is -0.214. The van der Waals surface area contributed by atoms with Gasteiger partial charge in [-0.25, -0.2) is 4.79 Å². The summed E-state index contributed by atoms with van der Waals surface area (Å²) in [6.45, 7) is 0. The molecular formula is C17H15N3O3S. The highest BCUT2D eigenvalue weighted by Gasteiger charge is 2.18. The lowest BCUT2D eigenvalue weighted by molar-refractivity contribution is -0.119. The number of H-pyrrole nitrogens is 1. The maximum atomic E-state index is 12.4. The number of rotatable bonds is 5. The number of amides is 1. The van der Waals surface area contributed by atoms with Crippen molar-refractivity contribution in [1.29, 1.82) is 0 Å². The number of esters is 1. The number of aromatic nitrogens is 2. The second-order valence-corrected chi connectivity index (χ2v) is 5.84. The summed E-state index contributed by atoms with van der Waals surface area (Å²) < 4.78 is 5.43. The largest absolute Gasteiger partial charge is 0.423 e. The van der Waals surface area contributed by atoms with E-state index in [0.29, 0.717) is 17.0 Å². The molecule has 0 bridgehead atoms. The molecule has 0 spiro atoms. The number of carbonyl (C=O) groups is 2. The Labute approximate surface area is 142 Å². The van der Waals surface area contributed by atoms with Crippen molar-refractivity contribution in [2.45, 2.75) is 6.42 Å². The van der Waals surface area contributed by atoms with E-state index in [1.54, 1.807) is 31.3 Å². The number of nitrogens with zero attached hydrogens (tertiary/aromatic N) is 1. The van der Waals surface area contributed by atoms with Gasteiger partial charge in [-0.2, -0.15) is 16.4 Å². The molecule has 1 amide bonds. The second kappa shape index (κ2) is 7.10. The summed E-state index contributed by atoms with van der Waals surface area (Å²) >= 11 is 1.53. The first-order valence-corrected chi connectivity index (χ1v) is 8.19. The van der Waals surface area contributed by atoms with Crippen molar-refractivity contribution in [3.63, 3.8) is 0 Å². The standard InChI is InChI=1S/C17H15N3O3S/c1-18-15(21)8-11-3-2-4-13(7-11)23-17(22)14-9-19-20-16(14)12-5-6-24-10-12/h2-7,9-10H,8H2,1H3,(H,18,21)(H,19,20). The maximum Gasteiger partial charge on any atom is 0.347 e. The molecule has 0 aliphatic rings. The number of hydrogen-bond acceptors (Lipinski definition) is 5. The number of aromatic amines is 1. The van der Waals surface area contributed by atoms with Crippen molar-refractivity contribution < 1.29 is 14.3 Å². The molecule has 3 aromatic rings. The van der Waals surface area contributed by atoms with Crippen molar-refractivity contribution in [3.05, 3.63) is 58.4 Å². The zero-order valence-corrected chi connectivity index (χ0v) is 13.7. The number of nitrogens with one attached hydrogen (secondary N) is 2. The van der Waals surface area contributed by atoms with Gasteiger partial charge in [0.25, 0.3) is 0 Å². The van der Waals surface area contributed by atoms with Gasteiger partial charge in [-0.05, 0) is 29.1 Å². The molecule has 2 heterocycles. The SMILES string of the molecule is CNC(=O)Cc1cccc(OC(=O)c2cn[nH]c2-c2ccsc2)c1. The van der Waals surface area contributed by atoms with Crippen molar-refractivity contribution in [2.75, 3.05) is 7.05 Å². The van der Waals surface area contributed by atoms with Gasteiger partial charge in [0.2, 0.25) is 5.91 Å². The third-order valence-corrected chi connectivity index (χ3v) is 4.10. The van der Waals surface area contributed by atoms with E-state index in [9.17, 15) is 9.59 Å². The van der Waals surface area contributed by atoms with Crippen molar-refractivity contribution in [1.82, 2.24) is 15.5 Å². The number of likely N-dealkylation sites (N-methyl/N-ethyl adjacent to an activating group) is 1. The smallest absolute Gasteiger partial charge is 0.347 e. The van der Waals surface area contributed by atoms with E-state index >= 15 is 0 Å². The first kappa shape index (κ1) is 15.9. The van der Waals surface area contributed by atoms with E-state index in [1.807, 2.05) is 16.8 Å². The van der Waals surface area contributed by atoms with Crippen LogP contribution in [0.2, 0.25) is 0 Å². The van der Waals surface area contributed by atoms with Gasteiger partial charge >= 0.3 is 5.97 Å². The first-order valence-electron chi connectivity index (χ1n) is 7.25. The summed E-state index contributed by atoms with van der Waals surface area (Å²) in [6, 6.07) is 8.81. The Balaban J connectivity index is 1.77. The minimum atomic E-state index is -0.498. The predicted molar refractivity (Wildman–Crippen MR) is 91.1 cm³/mol.